The van der Waals surface area contributed by atoms with E-state index in [0.717, 1.165) is 31.5 Å². The normalized spacial score (nSPS) is 20.1. The fourth-order valence-corrected chi connectivity index (χ4v) is 2.52. The van der Waals surface area contributed by atoms with E-state index in [1.165, 1.54) is 0 Å². The van der Waals surface area contributed by atoms with Crippen LogP contribution in [0, 0.1) is 0 Å². The Bertz CT molecular complexity index is 414. The van der Waals surface area contributed by atoms with E-state index < -0.39 is 11.7 Å². The van der Waals surface area contributed by atoms with Crippen molar-refractivity contribution in [2.24, 2.45) is 0 Å². The Morgan fingerprint density at radius 1 is 1.33 bits per heavy atom. The average Bonchev–Trinajstić information content (AvgIpc) is 2.77. The van der Waals surface area contributed by atoms with Crippen LogP contribution in [0.25, 0.3) is 0 Å². The summed E-state index contributed by atoms with van der Waals surface area (Å²) in [7, 11) is 0. The van der Waals surface area contributed by atoms with Gasteiger partial charge in [0.1, 0.15) is 0 Å². The summed E-state index contributed by atoms with van der Waals surface area (Å²) in [5.41, 5.74) is -0.149. The molecular weight excluding hydrogens is 309 g/mol. The molecule has 1 aliphatic rings. The van der Waals surface area contributed by atoms with Crippen molar-refractivity contribution in [1.29, 1.82) is 0 Å². The van der Waals surface area contributed by atoms with E-state index in [1.54, 1.807) is 6.07 Å². The molecule has 2 N–H and O–H groups in total. The summed E-state index contributed by atoms with van der Waals surface area (Å²) in [6.45, 7) is 1.63. The molecule has 1 atom stereocenters. The number of anilines is 1. The maximum atomic E-state index is 12.6. The fraction of sp³-hybridized carbons (Fsp3) is 0.500. The lowest BCUT2D eigenvalue weighted by molar-refractivity contribution is -0.137. The minimum atomic E-state index is -4.31. The van der Waals surface area contributed by atoms with E-state index in [4.69, 9.17) is 0 Å². The zero-order valence-electron chi connectivity index (χ0n) is 9.65. The second-order valence-corrected chi connectivity index (χ2v) is 5.32. The van der Waals surface area contributed by atoms with Crippen molar-refractivity contribution in [1.82, 2.24) is 5.32 Å². The van der Waals surface area contributed by atoms with Gasteiger partial charge < -0.3 is 10.6 Å². The topological polar surface area (TPSA) is 24.1 Å². The van der Waals surface area contributed by atoms with Gasteiger partial charge in [-0.3, -0.25) is 0 Å². The van der Waals surface area contributed by atoms with Gasteiger partial charge in [-0.2, -0.15) is 13.2 Å². The summed E-state index contributed by atoms with van der Waals surface area (Å²) in [6.07, 6.45) is -2.13. The smallest absolute Gasteiger partial charge is 0.383 e. The first-order valence-corrected chi connectivity index (χ1v) is 6.59. The van der Waals surface area contributed by atoms with E-state index in [2.05, 4.69) is 26.6 Å². The molecule has 18 heavy (non-hydrogen) atoms. The van der Waals surface area contributed by atoms with Crippen molar-refractivity contribution < 1.29 is 13.2 Å². The van der Waals surface area contributed by atoms with Crippen LogP contribution in [0.3, 0.4) is 0 Å². The fourth-order valence-electron chi connectivity index (χ4n) is 2.03. The Morgan fingerprint density at radius 2 is 2.11 bits per heavy atom. The highest BCUT2D eigenvalue weighted by Gasteiger charge is 2.31. The van der Waals surface area contributed by atoms with Crippen LogP contribution in [0.4, 0.5) is 18.9 Å². The Morgan fingerprint density at radius 3 is 2.72 bits per heavy atom. The van der Waals surface area contributed by atoms with Crippen LogP contribution in [0.1, 0.15) is 18.4 Å². The van der Waals surface area contributed by atoms with Gasteiger partial charge in [0, 0.05) is 22.7 Å². The summed E-state index contributed by atoms with van der Waals surface area (Å²) in [6, 6.07) is 4.22. The predicted octanol–water partition coefficient (Wildman–Crippen LogP) is 3.63. The van der Waals surface area contributed by atoms with Gasteiger partial charge in [0.25, 0.3) is 0 Å². The van der Waals surface area contributed by atoms with Gasteiger partial charge in [-0.05, 0) is 37.6 Å². The molecule has 1 fully saturated rings. The Balaban J connectivity index is 2.05. The standard InChI is InChI=1S/C12H14BrF3N2/c13-9-4-8(12(14,15)16)5-11(6-9)18-7-10-2-1-3-17-10/h4-6,10,17-18H,1-3,7H2. The zero-order valence-corrected chi connectivity index (χ0v) is 11.2. The van der Waals surface area contributed by atoms with Gasteiger partial charge >= 0.3 is 6.18 Å². The van der Waals surface area contributed by atoms with Crippen molar-refractivity contribution in [2.75, 3.05) is 18.4 Å². The van der Waals surface area contributed by atoms with Crippen molar-refractivity contribution in [3.05, 3.63) is 28.2 Å². The Hall–Kier alpha value is -0.750. The molecule has 0 spiro atoms. The second-order valence-electron chi connectivity index (χ2n) is 4.40. The second kappa shape index (κ2) is 5.48. The largest absolute Gasteiger partial charge is 0.416 e. The summed E-state index contributed by atoms with van der Waals surface area (Å²) >= 11 is 3.10. The Labute approximate surface area is 112 Å². The van der Waals surface area contributed by atoms with Crippen molar-refractivity contribution >= 4 is 21.6 Å². The number of benzene rings is 1. The number of hydrogen-bond acceptors (Lipinski definition) is 2. The maximum Gasteiger partial charge on any atom is 0.416 e. The van der Waals surface area contributed by atoms with Crippen molar-refractivity contribution in [3.8, 4) is 0 Å². The quantitative estimate of drug-likeness (QED) is 0.888. The lowest BCUT2D eigenvalue weighted by Crippen LogP contribution is -2.29. The highest BCUT2D eigenvalue weighted by Crippen LogP contribution is 2.33. The monoisotopic (exact) mass is 322 g/mol. The highest BCUT2D eigenvalue weighted by molar-refractivity contribution is 9.10. The first-order chi connectivity index (χ1) is 8.45. The SMILES string of the molecule is FC(F)(F)c1cc(Br)cc(NCC2CCCN2)c1. The molecule has 0 saturated carbocycles. The third-order valence-electron chi connectivity index (χ3n) is 2.94. The lowest BCUT2D eigenvalue weighted by Gasteiger charge is -2.15. The van der Waals surface area contributed by atoms with Crippen LogP contribution in [0.15, 0.2) is 22.7 Å². The molecule has 0 aliphatic carbocycles. The first-order valence-electron chi connectivity index (χ1n) is 5.80. The van der Waals surface area contributed by atoms with E-state index in [-0.39, 0.29) is 0 Å². The van der Waals surface area contributed by atoms with Gasteiger partial charge in [0.15, 0.2) is 0 Å². The van der Waals surface area contributed by atoms with Crippen LogP contribution >= 0.6 is 15.9 Å². The number of rotatable bonds is 3. The molecule has 2 rings (SSSR count). The molecule has 0 aromatic heterocycles. The molecule has 6 heteroatoms. The summed E-state index contributed by atoms with van der Waals surface area (Å²) in [5, 5.41) is 6.34. The molecule has 100 valence electrons. The number of hydrogen-bond donors (Lipinski definition) is 2. The summed E-state index contributed by atoms with van der Waals surface area (Å²) in [5.74, 6) is 0. The highest BCUT2D eigenvalue weighted by atomic mass is 79.9. The number of halogens is 4. The molecule has 2 nitrogen and oxygen atoms in total. The van der Waals surface area contributed by atoms with Crippen LogP contribution in [-0.4, -0.2) is 19.1 Å². The van der Waals surface area contributed by atoms with Crippen LogP contribution in [-0.2, 0) is 6.18 Å². The summed E-state index contributed by atoms with van der Waals surface area (Å²) < 4.78 is 38.3. The maximum absolute atomic E-state index is 12.6. The van der Waals surface area contributed by atoms with Gasteiger partial charge in [0.05, 0.1) is 5.56 Å². The van der Waals surface area contributed by atoms with Gasteiger partial charge in [-0.25, -0.2) is 0 Å². The van der Waals surface area contributed by atoms with E-state index >= 15 is 0 Å². The van der Waals surface area contributed by atoms with Gasteiger partial charge in [-0.15, -0.1) is 0 Å². The first kappa shape index (κ1) is 13.7. The van der Waals surface area contributed by atoms with E-state index in [1.807, 2.05) is 0 Å². The number of nitrogens with one attached hydrogen (secondary N) is 2. The molecule has 1 aromatic carbocycles. The third-order valence-corrected chi connectivity index (χ3v) is 3.40. The van der Waals surface area contributed by atoms with Gasteiger partial charge in [0.2, 0.25) is 0 Å². The van der Waals surface area contributed by atoms with E-state index in [9.17, 15) is 13.2 Å². The molecule has 1 heterocycles. The Kier molecular flexibility index (Phi) is 4.17. The third kappa shape index (κ3) is 3.62. The average molecular weight is 323 g/mol. The molecule has 0 bridgehead atoms. The minimum Gasteiger partial charge on any atom is -0.383 e. The summed E-state index contributed by atoms with van der Waals surface area (Å²) in [4.78, 5) is 0. The molecule has 0 amide bonds. The molecule has 1 unspecified atom stereocenters. The molecule has 1 saturated heterocycles. The predicted molar refractivity (Wildman–Crippen MR) is 68.7 cm³/mol. The molecular formula is C12H14BrF3N2. The zero-order chi connectivity index (χ0) is 13.2. The van der Waals surface area contributed by atoms with Crippen molar-refractivity contribution in [3.63, 3.8) is 0 Å². The van der Waals surface area contributed by atoms with Crippen LogP contribution in [0.5, 0.6) is 0 Å². The molecule has 0 radical (unpaired) electrons. The van der Waals surface area contributed by atoms with Crippen LogP contribution < -0.4 is 10.6 Å². The van der Waals surface area contributed by atoms with Crippen LogP contribution in [0.2, 0.25) is 0 Å². The minimum absolute atomic E-state index is 0.346. The molecule has 1 aliphatic heterocycles. The molecule has 1 aromatic rings. The van der Waals surface area contributed by atoms with Crippen molar-refractivity contribution in [2.45, 2.75) is 25.1 Å². The number of alkyl halides is 3. The lowest BCUT2D eigenvalue weighted by atomic mass is 10.2. The van der Waals surface area contributed by atoms with E-state index in [0.29, 0.717) is 22.7 Å². The van der Waals surface area contributed by atoms with Gasteiger partial charge in [-0.1, -0.05) is 15.9 Å².